The summed E-state index contributed by atoms with van der Waals surface area (Å²) in [6.45, 7) is -0.0253. The van der Waals surface area contributed by atoms with Crippen molar-refractivity contribution in [1.82, 2.24) is 5.32 Å². The zero-order chi connectivity index (χ0) is 15.2. The summed E-state index contributed by atoms with van der Waals surface area (Å²) in [4.78, 5) is 11.4. The lowest BCUT2D eigenvalue weighted by atomic mass is 10.2. The van der Waals surface area contributed by atoms with Crippen LogP contribution in [0.5, 0.6) is 0 Å². The molecule has 1 unspecified atom stereocenters. The van der Waals surface area contributed by atoms with Crippen LogP contribution in [-0.2, 0) is 10.9 Å². The summed E-state index contributed by atoms with van der Waals surface area (Å²) in [6.07, 6.45) is -5.35. The van der Waals surface area contributed by atoms with Gasteiger partial charge < -0.3 is 20.5 Å². The van der Waals surface area contributed by atoms with Crippen LogP contribution in [-0.4, -0.2) is 37.5 Å². The molecule has 112 valence electrons. The molecule has 0 aliphatic heterocycles. The molecule has 1 aromatic carbocycles. The molecule has 0 spiro atoms. The van der Waals surface area contributed by atoms with Gasteiger partial charge in [-0.3, -0.25) is 0 Å². The Balaban J connectivity index is 2.54. The molecule has 0 saturated heterocycles. The van der Waals surface area contributed by atoms with Gasteiger partial charge in [-0.25, -0.2) is 4.79 Å². The van der Waals surface area contributed by atoms with Crippen LogP contribution in [0.4, 0.5) is 23.7 Å². The van der Waals surface area contributed by atoms with Gasteiger partial charge >= 0.3 is 12.2 Å². The van der Waals surface area contributed by atoms with Crippen molar-refractivity contribution in [2.45, 2.75) is 12.3 Å². The third-order valence-electron chi connectivity index (χ3n) is 2.31. The molecule has 0 heterocycles. The van der Waals surface area contributed by atoms with Crippen LogP contribution in [0, 0.1) is 0 Å². The molecule has 1 atom stereocenters. The molecule has 0 fully saturated rings. The van der Waals surface area contributed by atoms with Gasteiger partial charge in [-0.05, 0) is 18.2 Å². The number of rotatable bonds is 5. The molecule has 5 nitrogen and oxygen atoms in total. The topological polar surface area (TPSA) is 70.6 Å². The summed E-state index contributed by atoms with van der Waals surface area (Å²) in [5.41, 5.74) is -0.840. The lowest BCUT2D eigenvalue weighted by molar-refractivity contribution is -0.137. The number of urea groups is 1. The average molecular weight is 292 g/mol. The molecule has 0 aliphatic rings. The van der Waals surface area contributed by atoms with Crippen molar-refractivity contribution in [3.8, 4) is 0 Å². The Morgan fingerprint density at radius 1 is 1.45 bits per heavy atom. The average Bonchev–Trinajstić information content (AvgIpc) is 2.36. The minimum Gasteiger partial charge on any atom is -0.389 e. The Labute approximate surface area is 113 Å². The van der Waals surface area contributed by atoms with Gasteiger partial charge in [0.15, 0.2) is 0 Å². The monoisotopic (exact) mass is 292 g/mol. The molecular formula is C12H15F3N2O3. The number of ether oxygens (including phenoxy) is 1. The minimum absolute atomic E-state index is 0.0126. The molecule has 2 amide bonds. The van der Waals surface area contributed by atoms with Gasteiger partial charge in [0.05, 0.1) is 18.3 Å². The van der Waals surface area contributed by atoms with Gasteiger partial charge in [0.2, 0.25) is 0 Å². The van der Waals surface area contributed by atoms with E-state index in [9.17, 15) is 23.1 Å². The van der Waals surface area contributed by atoms with Crippen molar-refractivity contribution in [3.63, 3.8) is 0 Å². The number of hydrogen-bond donors (Lipinski definition) is 3. The number of nitrogens with one attached hydrogen (secondary N) is 2. The fraction of sp³-hybridized carbons (Fsp3) is 0.417. The van der Waals surface area contributed by atoms with E-state index >= 15 is 0 Å². The van der Waals surface area contributed by atoms with E-state index < -0.39 is 23.9 Å². The molecular weight excluding hydrogens is 277 g/mol. The normalized spacial score (nSPS) is 12.8. The van der Waals surface area contributed by atoms with Crippen molar-refractivity contribution < 1.29 is 27.8 Å². The van der Waals surface area contributed by atoms with Crippen LogP contribution in [0.3, 0.4) is 0 Å². The molecule has 0 radical (unpaired) electrons. The summed E-state index contributed by atoms with van der Waals surface area (Å²) in [5, 5.41) is 13.9. The first-order valence-corrected chi connectivity index (χ1v) is 5.72. The van der Waals surface area contributed by atoms with E-state index in [2.05, 4.69) is 15.4 Å². The number of benzene rings is 1. The number of alkyl halides is 3. The predicted molar refractivity (Wildman–Crippen MR) is 66.3 cm³/mol. The van der Waals surface area contributed by atoms with E-state index in [4.69, 9.17) is 0 Å². The Kier molecular flexibility index (Phi) is 5.78. The highest BCUT2D eigenvalue weighted by molar-refractivity contribution is 5.89. The molecule has 8 heteroatoms. The quantitative estimate of drug-likeness (QED) is 0.775. The number of amides is 2. The SMILES string of the molecule is COCC(O)CNC(=O)Nc1cccc(C(F)(F)F)c1. The van der Waals surface area contributed by atoms with Crippen LogP contribution >= 0.6 is 0 Å². The fourth-order valence-corrected chi connectivity index (χ4v) is 1.41. The zero-order valence-electron chi connectivity index (χ0n) is 10.7. The van der Waals surface area contributed by atoms with Crippen molar-refractivity contribution in [2.24, 2.45) is 0 Å². The first kappa shape index (κ1) is 16.3. The minimum atomic E-state index is -4.47. The van der Waals surface area contributed by atoms with Gasteiger partial charge in [0.1, 0.15) is 0 Å². The maximum atomic E-state index is 12.5. The molecule has 3 N–H and O–H groups in total. The number of methoxy groups -OCH3 is 1. The Hall–Kier alpha value is -1.80. The van der Waals surface area contributed by atoms with Crippen molar-refractivity contribution in [1.29, 1.82) is 0 Å². The van der Waals surface area contributed by atoms with E-state index in [1.165, 1.54) is 19.2 Å². The third-order valence-corrected chi connectivity index (χ3v) is 2.31. The Morgan fingerprint density at radius 3 is 2.75 bits per heavy atom. The van der Waals surface area contributed by atoms with E-state index in [-0.39, 0.29) is 18.8 Å². The summed E-state index contributed by atoms with van der Waals surface area (Å²) in [5.74, 6) is 0. The highest BCUT2D eigenvalue weighted by atomic mass is 19.4. The van der Waals surface area contributed by atoms with Crippen molar-refractivity contribution in [2.75, 3.05) is 25.6 Å². The summed E-state index contributed by atoms with van der Waals surface area (Å²) < 4.78 is 42.1. The second-order valence-corrected chi connectivity index (χ2v) is 4.02. The van der Waals surface area contributed by atoms with E-state index in [1.54, 1.807) is 0 Å². The van der Waals surface area contributed by atoms with E-state index in [0.29, 0.717) is 0 Å². The van der Waals surface area contributed by atoms with Crippen LogP contribution in [0.25, 0.3) is 0 Å². The molecule has 1 rings (SSSR count). The maximum absolute atomic E-state index is 12.5. The first-order chi connectivity index (χ1) is 9.32. The lowest BCUT2D eigenvalue weighted by Gasteiger charge is -2.12. The van der Waals surface area contributed by atoms with Crippen LogP contribution in [0.1, 0.15) is 5.56 Å². The first-order valence-electron chi connectivity index (χ1n) is 5.72. The van der Waals surface area contributed by atoms with Crippen molar-refractivity contribution >= 4 is 11.7 Å². The molecule has 0 bridgehead atoms. The van der Waals surface area contributed by atoms with Gasteiger partial charge in [0.25, 0.3) is 0 Å². The van der Waals surface area contributed by atoms with Gasteiger partial charge in [0, 0.05) is 19.3 Å². The molecule has 1 aromatic rings. The van der Waals surface area contributed by atoms with Crippen molar-refractivity contribution in [3.05, 3.63) is 29.8 Å². The van der Waals surface area contributed by atoms with Gasteiger partial charge in [-0.15, -0.1) is 0 Å². The number of anilines is 1. The fourth-order valence-electron chi connectivity index (χ4n) is 1.41. The summed E-state index contributed by atoms with van der Waals surface area (Å²) >= 11 is 0. The highest BCUT2D eigenvalue weighted by Gasteiger charge is 2.30. The van der Waals surface area contributed by atoms with E-state index in [0.717, 1.165) is 12.1 Å². The Bertz CT molecular complexity index is 452. The van der Waals surface area contributed by atoms with Gasteiger partial charge in [-0.2, -0.15) is 13.2 Å². The van der Waals surface area contributed by atoms with Crippen LogP contribution in [0.2, 0.25) is 0 Å². The number of carbonyl (C=O) groups is 1. The lowest BCUT2D eigenvalue weighted by Crippen LogP contribution is -2.37. The largest absolute Gasteiger partial charge is 0.416 e. The summed E-state index contributed by atoms with van der Waals surface area (Å²) in [6, 6.07) is 3.55. The smallest absolute Gasteiger partial charge is 0.389 e. The molecule has 20 heavy (non-hydrogen) atoms. The second-order valence-electron chi connectivity index (χ2n) is 4.02. The number of halogens is 3. The van der Waals surface area contributed by atoms with Crippen LogP contribution in [0.15, 0.2) is 24.3 Å². The number of aliphatic hydroxyl groups excluding tert-OH is 1. The zero-order valence-corrected chi connectivity index (χ0v) is 10.7. The second kappa shape index (κ2) is 7.11. The number of hydrogen-bond acceptors (Lipinski definition) is 3. The summed E-state index contributed by atoms with van der Waals surface area (Å²) in [7, 11) is 1.39. The Morgan fingerprint density at radius 2 is 2.15 bits per heavy atom. The number of carbonyl (C=O) groups excluding carboxylic acids is 1. The molecule has 0 aromatic heterocycles. The van der Waals surface area contributed by atoms with E-state index in [1.807, 2.05) is 0 Å². The highest BCUT2D eigenvalue weighted by Crippen LogP contribution is 2.30. The number of aliphatic hydroxyl groups is 1. The maximum Gasteiger partial charge on any atom is 0.416 e. The third kappa shape index (κ3) is 5.45. The standard InChI is InChI=1S/C12H15F3N2O3/c1-20-7-10(18)6-16-11(19)17-9-4-2-3-8(5-9)12(13,14)15/h2-5,10,18H,6-7H2,1H3,(H2,16,17,19). The van der Waals surface area contributed by atoms with Gasteiger partial charge in [-0.1, -0.05) is 6.07 Å². The molecule has 0 saturated carbocycles. The predicted octanol–water partition coefficient (Wildman–Crippen LogP) is 1.83. The van der Waals surface area contributed by atoms with Crippen LogP contribution < -0.4 is 10.6 Å². The molecule has 0 aliphatic carbocycles.